The van der Waals surface area contributed by atoms with Crippen molar-refractivity contribution < 1.29 is 76.6 Å². The number of nitro groups is 2. The van der Waals surface area contributed by atoms with Crippen LogP contribution in [0.2, 0.25) is 0 Å². The first-order valence-corrected chi connectivity index (χ1v) is 30.2. The highest BCUT2D eigenvalue weighted by molar-refractivity contribution is 6.03. The Morgan fingerprint density at radius 3 is 1.21 bits per heavy atom. The molecule has 94 heavy (non-hydrogen) atoms. The van der Waals surface area contributed by atoms with Crippen LogP contribution < -0.4 is 29.6 Å². The first-order valence-electron chi connectivity index (χ1n) is 30.2. The fourth-order valence-electron chi connectivity index (χ4n) is 10.4. The molecule has 24 nitrogen and oxygen atoms in total. The molecule has 6 aromatic rings. The van der Waals surface area contributed by atoms with Crippen molar-refractivity contribution in [2.24, 2.45) is 11.8 Å². The Hall–Kier alpha value is -11.0. The van der Waals surface area contributed by atoms with Crippen molar-refractivity contribution in [3.8, 4) is 23.0 Å². The lowest BCUT2D eigenvalue weighted by molar-refractivity contribution is -0.385. The van der Waals surface area contributed by atoms with Crippen LogP contribution in [0.3, 0.4) is 0 Å². The van der Waals surface area contributed by atoms with E-state index in [0.717, 1.165) is 34.4 Å². The van der Waals surface area contributed by atoms with Crippen molar-refractivity contribution in [1.82, 2.24) is 20.4 Å². The van der Waals surface area contributed by atoms with Gasteiger partial charge in [-0.15, -0.1) is 0 Å². The van der Waals surface area contributed by atoms with E-state index in [1.54, 1.807) is 96.9 Å². The normalized spacial score (nSPS) is 18.6. The molecule has 0 saturated carbocycles. The molecule has 2 aliphatic heterocycles. The van der Waals surface area contributed by atoms with Crippen LogP contribution in [0.4, 0.5) is 11.4 Å². The third-order valence-corrected chi connectivity index (χ3v) is 15.5. The van der Waals surface area contributed by atoms with Gasteiger partial charge in [0.25, 0.3) is 11.4 Å². The number of benzene rings is 6. The second kappa shape index (κ2) is 35.5. The summed E-state index contributed by atoms with van der Waals surface area (Å²) in [5.41, 5.74) is 2.56. The largest absolute Gasteiger partial charge is 0.497 e. The molecule has 0 saturated heterocycles. The van der Waals surface area contributed by atoms with Gasteiger partial charge in [-0.1, -0.05) is 97.1 Å². The summed E-state index contributed by atoms with van der Waals surface area (Å²) in [5.74, 6) is -4.58. The lowest BCUT2D eigenvalue weighted by Gasteiger charge is -2.24. The minimum absolute atomic E-state index is 0.0149. The monoisotopic (exact) mass is 1290 g/mol. The number of methoxy groups -OCH3 is 4. The summed E-state index contributed by atoms with van der Waals surface area (Å²) in [6.07, 6.45) is 6.27. The summed E-state index contributed by atoms with van der Waals surface area (Å²) in [6, 6.07) is 37.8. The van der Waals surface area contributed by atoms with Gasteiger partial charge in [-0.3, -0.25) is 49.0 Å². The number of nitrogens with one attached hydrogen (secondary N) is 2. The van der Waals surface area contributed by atoms with Crippen LogP contribution in [0.15, 0.2) is 170 Å². The Morgan fingerprint density at radius 2 is 0.872 bits per heavy atom. The zero-order chi connectivity index (χ0) is 67.5. The van der Waals surface area contributed by atoms with Gasteiger partial charge in [0, 0.05) is 88.0 Å². The number of esters is 2. The van der Waals surface area contributed by atoms with Crippen molar-refractivity contribution >= 4 is 58.5 Å². The summed E-state index contributed by atoms with van der Waals surface area (Å²) < 4.78 is 32.1. The number of nitrogens with zero attached hydrogens (tertiary/aromatic N) is 4. The second-order valence-electron chi connectivity index (χ2n) is 22.0. The van der Waals surface area contributed by atoms with E-state index in [0.29, 0.717) is 11.5 Å². The Kier molecular flexibility index (Phi) is 26.6. The van der Waals surface area contributed by atoms with E-state index in [1.807, 2.05) is 60.7 Å². The molecular formula is C70H74N6O18. The maximum Gasteiger partial charge on any atom is 0.328 e. The number of fused-ring (bicyclic) bond motifs is 2. The zero-order valence-electron chi connectivity index (χ0n) is 52.5. The SMILES string of the molecule is COC(=O)[C@@H]1CCC(=O)N(Cc2ccc(OC)cc2)C/C=C/COc2ccc([N+](=O)[O-])cc2C(=O)C[C@H](Cc2ccccc2)C(=O)N1.COC(=O)[C@@H]1CCC(=O)N(Cc2ccc(OC)cc2)C/C=C\COc2ccc([N+](=O)[O-])cc2C(=O)C[C@H](Cc2ccccc2)C(=O)N1. The van der Waals surface area contributed by atoms with E-state index >= 15 is 0 Å². The molecule has 4 amide bonds. The van der Waals surface area contributed by atoms with Gasteiger partial charge >= 0.3 is 11.9 Å². The molecular weight excluding hydrogens is 1210 g/mol. The number of Topliss-reactive ketones (excluding diaryl/α,β-unsaturated/α-hetero) is 2. The quantitative estimate of drug-likeness (QED) is 0.0445. The Bertz CT molecular complexity index is 3450. The van der Waals surface area contributed by atoms with Gasteiger partial charge in [0.05, 0.1) is 49.4 Å². The van der Waals surface area contributed by atoms with Crippen LogP contribution in [-0.4, -0.2) is 134 Å². The van der Waals surface area contributed by atoms with E-state index in [9.17, 15) is 58.6 Å². The Labute approximate surface area is 543 Å². The number of amides is 4. The molecule has 2 N–H and O–H groups in total. The number of hydrogen-bond acceptors (Lipinski definition) is 18. The maximum absolute atomic E-state index is 13.7. The zero-order valence-corrected chi connectivity index (χ0v) is 52.5. The molecule has 4 atom stereocenters. The van der Waals surface area contributed by atoms with Crippen LogP contribution in [0, 0.1) is 32.1 Å². The molecule has 2 heterocycles. The molecule has 24 heteroatoms. The number of rotatable bonds is 14. The van der Waals surface area contributed by atoms with Crippen LogP contribution in [-0.2, 0) is 64.2 Å². The fourth-order valence-corrected chi connectivity index (χ4v) is 10.4. The lowest BCUT2D eigenvalue weighted by atomic mass is 9.90. The fraction of sp³-hybridized carbons (Fsp3) is 0.314. The molecule has 0 radical (unpaired) electrons. The topological polar surface area (TPSA) is 309 Å². The first kappa shape index (κ1) is 70.4. The van der Waals surface area contributed by atoms with E-state index in [2.05, 4.69) is 10.6 Å². The van der Waals surface area contributed by atoms with Gasteiger partial charge in [0.2, 0.25) is 23.6 Å². The van der Waals surface area contributed by atoms with Crippen molar-refractivity contribution in [2.45, 2.75) is 76.5 Å². The number of non-ortho nitro benzene ring substituents is 2. The van der Waals surface area contributed by atoms with Crippen LogP contribution in [0.1, 0.15) is 81.5 Å². The van der Waals surface area contributed by atoms with Gasteiger partial charge in [-0.2, -0.15) is 0 Å². The van der Waals surface area contributed by atoms with E-state index in [4.69, 9.17) is 28.4 Å². The summed E-state index contributed by atoms with van der Waals surface area (Å²) in [7, 11) is 5.51. The molecule has 0 aliphatic carbocycles. The number of hydrogen-bond donors (Lipinski definition) is 2. The highest BCUT2D eigenvalue weighted by Crippen LogP contribution is 2.31. The van der Waals surface area contributed by atoms with E-state index < -0.39 is 69.1 Å². The molecule has 6 aromatic carbocycles. The van der Waals surface area contributed by atoms with Gasteiger partial charge in [0.1, 0.15) is 48.3 Å². The predicted molar refractivity (Wildman–Crippen MR) is 344 cm³/mol. The van der Waals surface area contributed by atoms with Gasteiger partial charge in [-0.05, 0) is 96.5 Å². The summed E-state index contributed by atoms with van der Waals surface area (Å²) in [6.45, 7) is 0.970. The second-order valence-corrected chi connectivity index (χ2v) is 22.0. The maximum atomic E-state index is 13.7. The van der Waals surface area contributed by atoms with Crippen molar-refractivity contribution in [1.29, 1.82) is 0 Å². The number of ether oxygens (including phenoxy) is 6. The third-order valence-electron chi connectivity index (χ3n) is 15.5. The van der Waals surface area contributed by atoms with Gasteiger partial charge in [-0.25, -0.2) is 9.59 Å². The highest BCUT2D eigenvalue weighted by Gasteiger charge is 2.33. The summed E-state index contributed by atoms with van der Waals surface area (Å²) in [4.78, 5) is 133. The Morgan fingerprint density at radius 1 is 0.500 bits per heavy atom. The number of carbonyl (C=O) groups is 8. The molecule has 2 aliphatic rings. The lowest BCUT2D eigenvalue weighted by Crippen LogP contribution is -2.45. The molecule has 0 bridgehead atoms. The predicted octanol–water partition coefficient (Wildman–Crippen LogP) is 8.90. The summed E-state index contributed by atoms with van der Waals surface area (Å²) >= 11 is 0. The summed E-state index contributed by atoms with van der Waals surface area (Å²) in [5, 5.41) is 28.5. The smallest absolute Gasteiger partial charge is 0.328 e. The number of carbonyl (C=O) groups excluding carboxylic acids is 8. The highest BCUT2D eigenvalue weighted by atomic mass is 16.6. The van der Waals surface area contributed by atoms with Gasteiger partial charge < -0.3 is 48.9 Å². The van der Waals surface area contributed by atoms with Crippen LogP contribution in [0.25, 0.3) is 0 Å². The molecule has 0 unspecified atom stereocenters. The average Bonchev–Trinajstić information content (AvgIpc) is 0.954. The van der Waals surface area contributed by atoms with Crippen molar-refractivity contribution in [2.75, 3.05) is 54.7 Å². The van der Waals surface area contributed by atoms with E-state index in [-0.39, 0.29) is 137 Å². The minimum atomic E-state index is -1.16. The molecule has 0 spiro atoms. The molecule has 8 rings (SSSR count). The van der Waals surface area contributed by atoms with Crippen LogP contribution >= 0.6 is 0 Å². The van der Waals surface area contributed by atoms with Gasteiger partial charge in [0.15, 0.2) is 11.6 Å². The molecule has 492 valence electrons. The van der Waals surface area contributed by atoms with E-state index in [1.165, 1.54) is 38.5 Å². The average molecular weight is 1290 g/mol. The minimum Gasteiger partial charge on any atom is -0.497 e. The number of nitro benzene ring substituents is 2. The third kappa shape index (κ3) is 21.0. The Balaban J connectivity index is 0.000000266. The van der Waals surface area contributed by atoms with Crippen molar-refractivity contribution in [3.05, 3.63) is 224 Å². The van der Waals surface area contributed by atoms with Crippen LogP contribution in [0.5, 0.6) is 23.0 Å². The van der Waals surface area contributed by atoms with Crippen molar-refractivity contribution in [3.63, 3.8) is 0 Å². The molecule has 0 aromatic heterocycles. The number of ketones is 2. The molecule has 0 fully saturated rings. The first-order chi connectivity index (χ1) is 45.4. The standard InChI is InChI=1S/2C35H37N3O9/c2*1-45-28-13-10-25(11-14-28)23-37-18-6-7-19-47-32-16-12-27(38(43)44)22-29(32)31(39)21-26(20-24-8-4-3-5-9-24)34(41)36-30(35(42)46-2)15-17-33(37)40/h2*3-14,16,22,26,30H,15,17-21,23H2,1-2H3,(H,36,41)/b7-6+;7-6-/t2*26-,30-/m00/s1.